The summed E-state index contributed by atoms with van der Waals surface area (Å²) in [5.74, 6) is -0.975. The lowest BCUT2D eigenvalue weighted by atomic mass is 9.84. The lowest BCUT2D eigenvalue weighted by Gasteiger charge is -2.44. The maximum Gasteiger partial charge on any atom is 0.243 e. The highest BCUT2D eigenvalue weighted by Gasteiger charge is 2.47. The smallest absolute Gasteiger partial charge is 0.243 e. The monoisotopic (exact) mass is 403 g/mol. The minimum absolute atomic E-state index is 0.112. The molecule has 2 atom stereocenters. The van der Waals surface area contributed by atoms with Gasteiger partial charge in [-0.1, -0.05) is 25.0 Å². The van der Waals surface area contributed by atoms with E-state index >= 15 is 0 Å². The van der Waals surface area contributed by atoms with Gasteiger partial charge in [0, 0.05) is 36.2 Å². The third-order valence-corrected chi connectivity index (χ3v) is 8.06. The van der Waals surface area contributed by atoms with E-state index < -0.39 is 22.0 Å². The zero-order valence-corrected chi connectivity index (χ0v) is 16.5. The van der Waals surface area contributed by atoms with Crippen molar-refractivity contribution in [2.75, 3.05) is 18.0 Å². The molecule has 1 fully saturated rings. The average molecular weight is 404 g/mol. The molecule has 1 aromatic carbocycles. The molecule has 8 heteroatoms. The highest BCUT2D eigenvalue weighted by Crippen LogP contribution is 2.47. The van der Waals surface area contributed by atoms with E-state index in [0.29, 0.717) is 17.7 Å². The maximum atomic E-state index is 13.3. The standard InChI is InChI=1S/C20H25N3O4S/c1-2-10-22-12-14-11-16(19(21)24)23(20(25)13-6-3-4-7-13)15-8-5-9-17(18(14)15)28(22,26)27/h2,5,8-9,13-14,16H,1,3-4,6-7,10-12H2,(H2,21,24)/t14-,16-/m0/s1. The molecule has 1 aromatic rings. The number of nitrogens with zero attached hydrogens (tertiary/aromatic N) is 2. The van der Waals surface area contributed by atoms with Gasteiger partial charge in [0.15, 0.2) is 0 Å². The number of benzene rings is 1. The second-order valence-corrected chi connectivity index (χ2v) is 9.75. The fourth-order valence-electron chi connectivity index (χ4n) is 4.89. The molecule has 0 aromatic heterocycles. The average Bonchev–Trinajstić information content (AvgIpc) is 3.20. The summed E-state index contributed by atoms with van der Waals surface area (Å²) in [6.45, 7) is 4.11. The fourth-order valence-corrected chi connectivity index (χ4v) is 6.64. The number of sulfonamides is 1. The molecule has 150 valence electrons. The zero-order valence-electron chi connectivity index (χ0n) is 15.7. The number of carbonyl (C=O) groups excluding carboxylic acids is 2. The van der Waals surface area contributed by atoms with Crippen molar-refractivity contribution in [1.82, 2.24) is 4.31 Å². The first-order valence-corrected chi connectivity index (χ1v) is 11.2. The van der Waals surface area contributed by atoms with E-state index in [1.807, 2.05) is 0 Å². The highest BCUT2D eigenvalue weighted by molar-refractivity contribution is 7.89. The molecule has 0 bridgehead atoms. The molecule has 0 unspecified atom stereocenters. The Labute approximate surface area is 165 Å². The van der Waals surface area contributed by atoms with Gasteiger partial charge in [-0.3, -0.25) is 14.5 Å². The number of amides is 2. The van der Waals surface area contributed by atoms with Gasteiger partial charge in [-0.25, -0.2) is 8.42 Å². The Morgan fingerprint density at radius 2 is 1.96 bits per heavy atom. The minimum atomic E-state index is -3.67. The molecule has 7 nitrogen and oxygen atoms in total. The van der Waals surface area contributed by atoms with E-state index in [1.54, 1.807) is 24.3 Å². The van der Waals surface area contributed by atoms with Crippen molar-refractivity contribution in [3.8, 4) is 0 Å². The van der Waals surface area contributed by atoms with E-state index in [0.717, 1.165) is 25.7 Å². The van der Waals surface area contributed by atoms with Gasteiger partial charge in [-0.2, -0.15) is 4.31 Å². The molecule has 0 saturated heterocycles. The molecule has 1 aliphatic carbocycles. The maximum absolute atomic E-state index is 13.3. The first-order chi connectivity index (χ1) is 13.4. The third kappa shape index (κ3) is 2.86. The number of anilines is 1. The Balaban J connectivity index is 1.86. The molecule has 2 aliphatic heterocycles. The van der Waals surface area contributed by atoms with Crippen molar-refractivity contribution in [2.45, 2.75) is 49.0 Å². The molecule has 3 aliphatic rings. The van der Waals surface area contributed by atoms with Crippen molar-refractivity contribution >= 4 is 27.5 Å². The lowest BCUT2D eigenvalue weighted by Crippen LogP contribution is -2.55. The van der Waals surface area contributed by atoms with Crippen LogP contribution in [0.1, 0.15) is 43.6 Å². The first kappa shape index (κ1) is 19.1. The van der Waals surface area contributed by atoms with Crippen LogP contribution in [0.3, 0.4) is 0 Å². The number of carbonyl (C=O) groups is 2. The van der Waals surface area contributed by atoms with Crippen LogP contribution in [0.5, 0.6) is 0 Å². The molecule has 2 N–H and O–H groups in total. The molecular formula is C20H25N3O4S. The van der Waals surface area contributed by atoms with Crippen LogP contribution in [0.25, 0.3) is 0 Å². The molecule has 0 radical (unpaired) electrons. The Kier molecular flexibility index (Phi) is 4.79. The fraction of sp³-hybridized carbons (Fsp3) is 0.500. The van der Waals surface area contributed by atoms with E-state index in [1.165, 1.54) is 9.21 Å². The van der Waals surface area contributed by atoms with Gasteiger partial charge in [-0.05, 0) is 31.4 Å². The number of primary amides is 1. The van der Waals surface area contributed by atoms with Crippen LogP contribution in [0, 0.1) is 5.92 Å². The summed E-state index contributed by atoms with van der Waals surface area (Å²) in [6, 6.07) is 4.21. The quantitative estimate of drug-likeness (QED) is 0.774. The topological polar surface area (TPSA) is 101 Å². The number of hydrogen-bond acceptors (Lipinski definition) is 4. The second-order valence-electron chi connectivity index (χ2n) is 7.84. The second kappa shape index (κ2) is 7.00. The third-order valence-electron chi connectivity index (χ3n) is 6.18. The highest BCUT2D eigenvalue weighted by atomic mass is 32.2. The predicted octanol–water partition coefficient (Wildman–Crippen LogP) is 1.74. The molecular weight excluding hydrogens is 378 g/mol. The summed E-state index contributed by atoms with van der Waals surface area (Å²) in [7, 11) is -3.67. The normalized spacial score (nSPS) is 26.6. The zero-order chi connectivity index (χ0) is 20.1. The summed E-state index contributed by atoms with van der Waals surface area (Å²) < 4.78 is 27.5. The van der Waals surface area contributed by atoms with Gasteiger partial charge in [0.25, 0.3) is 0 Å². The SMILES string of the molecule is C=CCN1C[C@@H]2C[C@@H](C(N)=O)N(C(=O)C3CCCC3)c3cccc(c32)S1(=O)=O. The van der Waals surface area contributed by atoms with Crippen molar-refractivity contribution in [3.05, 3.63) is 36.4 Å². The van der Waals surface area contributed by atoms with Crippen LogP contribution < -0.4 is 10.6 Å². The van der Waals surface area contributed by atoms with Gasteiger partial charge in [0.1, 0.15) is 6.04 Å². The minimum Gasteiger partial charge on any atom is -0.368 e. The van der Waals surface area contributed by atoms with Crippen LogP contribution in [0.4, 0.5) is 5.69 Å². The Morgan fingerprint density at radius 1 is 1.25 bits per heavy atom. The summed E-state index contributed by atoms with van der Waals surface area (Å²) in [5.41, 5.74) is 6.86. The van der Waals surface area contributed by atoms with Crippen molar-refractivity contribution in [3.63, 3.8) is 0 Å². The molecule has 2 heterocycles. The van der Waals surface area contributed by atoms with Gasteiger partial charge < -0.3 is 5.73 Å². The Bertz CT molecular complexity index is 937. The number of rotatable bonds is 4. The summed E-state index contributed by atoms with van der Waals surface area (Å²) >= 11 is 0. The van der Waals surface area contributed by atoms with E-state index in [2.05, 4.69) is 6.58 Å². The summed E-state index contributed by atoms with van der Waals surface area (Å²) in [4.78, 5) is 27.3. The predicted molar refractivity (Wildman–Crippen MR) is 105 cm³/mol. The largest absolute Gasteiger partial charge is 0.368 e. The van der Waals surface area contributed by atoms with Crippen LogP contribution >= 0.6 is 0 Å². The number of hydrogen-bond donors (Lipinski definition) is 1. The molecule has 4 rings (SSSR count). The van der Waals surface area contributed by atoms with Gasteiger partial charge in [0.05, 0.1) is 4.90 Å². The van der Waals surface area contributed by atoms with Crippen molar-refractivity contribution in [1.29, 1.82) is 0 Å². The van der Waals surface area contributed by atoms with Crippen molar-refractivity contribution in [2.24, 2.45) is 11.7 Å². The van der Waals surface area contributed by atoms with E-state index in [9.17, 15) is 18.0 Å². The lowest BCUT2D eigenvalue weighted by molar-refractivity contribution is -0.127. The van der Waals surface area contributed by atoms with Gasteiger partial charge >= 0.3 is 0 Å². The van der Waals surface area contributed by atoms with E-state index in [4.69, 9.17) is 5.73 Å². The summed E-state index contributed by atoms with van der Waals surface area (Å²) in [6.07, 6.45) is 5.46. The molecule has 0 spiro atoms. The Morgan fingerprint density at radius 3 is 2.61 bits per heavy atom. The van der Waals surface area contributed by atoms with Crippen molar-refractivity contribution < 1.29 is 18.0 Å². The first-order valence-electron chi connectivity index (χ1n) is 9.72. The molecule has 1 saturated carbocycles. The number of nitrogens with two attached hydrogens (primary N) is 1. The molecule has 28 heavy (non-hydrogen) atoms. The van der Waals surface area contributed by atoms with Crippen LogP contribution in [-0.4, -0.2) is 43.7 Å². The van der Waals surface area contributed by atoms with Gasteiger partial charge in [-0.15, -0.1) is 6.58 Å². The van der Waals surface area contributed by atoms with Crippen LogP contribution in [0.15, 0.2) is 35.7 Å². The van der Waals surface area contributed by atoms with E-state index in [-0.39, 0.29) is 35.7 Å². The molecule has 2 amide bonds. The Hall–Kier alpha value is -2.19. The van der Waals surface area contributed by atoms with Crippen LogP contribution in [0.2, 0.25) is 0 Å². The van der Waals surface area contributed by atoms with Gasteiger partial charge in [0.2, 0.25) is 21.8 Å². The van der Waals surface area contributed by atoms with Crippen LogP contribution in [-0.2, 0) is 19.6 Å². The summed E-state index contributed by atoms with van der Waals surface area (Å²) in [5, 5.41) is 0.